The number of piperazine rings is 1. The summed E-state index contributed by atoms with van der Waals surface area (Å²) in [6, 6.07) is 6.89. The van der Waals surface area contributed by atoms with E-state index in [-0.39, 0.29) is 18.9 Å². The van der Waals surface area contributed by atoms with Crippen molar-refractivity contribution in [2.45, 2.75) is 38.0 Å². The van der Waals surface area contributed by atoms with E-state index in [1.807, 2.05) is 18.7 Å². The van der Waals surface area contributed by atoms with Gasteiger partial charge in [0.05, 0.1) is 4.90 Å². The predicted octanol–water partition coefficient (Wildman–Crippen LogP) is 1.61. The van der Waals surface area contributed by atoms with Crippen LogP contribution in [0.15, 0.2) is 29.2 Å². The lowest BCUT2D eigenvalue weighted by Gasteiger charge is -2.29. The molecular weight excluding hydrogens is 338 g/mol. The zero-order valence-electron chi connectivity index (χ0n) is 15.2. The topological polar surface area (TPSA) is 69.7 Å². The predicted molar refractivity (Wildman–Crippen MR) is 98.9 cm³/mol. The molecule has 0 saturated carbocycles. The van der Waals surface area contributed by atoms with E-state index in [9.17, 15) is 13.2 Å². The van der Waals surface area contributed by atoms with Crippen LogP contribution in [0.1, 0.15) is 31.7 Å². The van der Waals surface area contributed by atoms with Gasteiger partial charge in [0.1, 0.15) is 0 Å². The number of rotatable bonds is 8. The van der Waals surface area contributed by atoms with Gasteiger partial charge in [0.15, 0.2) is 0 Å². The molecule has 7 heteroatoms. The Kier molecular flexibility index (Phi) is 7.40. The molecule has 1 aromatic carbocycles. The Morgan fingerprint density at radius 3 is 2.40 bits per heavy atom. The van der Waals surface area contributed by atoms with Crippen molar-refractivity contribution in [3.63, 3.8) is 0 Å². The van der Waals surface area contributed by atoms with Crippen LogP contribution in [0.4, 0.5) is 0 Å². The van der Waals surface area contributed by atoms with Gasteiger partial charge >= 0.3 is 0 Å². The molecule has 6 nitrogen and oxygen atoms in total. The van der Waals surface area contributed by atoms with Crippen molar-refractivity contribution in [3.8, 4) is 0 Å². The molecule has 0 aromatic heterocycles. The SMILES string of the molecule is CCCCN(CCC(=O)N1CCNCC1)S(=O)(=O)c1ccc(C)cc1. The van der Waals surface area contributed by atoms with Crippen molar-refractivity contribution in [2.75, 3.05) is 39.3 Å². The Morgan fingerprint density at radius 2 is 1.80 bits per heavy atom. The van der Waals surface area contributed by atoms with Crippen LogP contribution in [-0.4, -0.2) is 62.8 Å². The Labute approximate surface area is 151 Å². The molecule has 1 heterocycles. The van der Waals surface area contributed by atoms with Crippen molar-refractivity contribution < 1.29 is 13.2 Å². The van der Waals surface area contributed by atoms with Crippen LogP contribution in [0.5, 0.6) is 0 Å². The zero-order valence-corrected chi connectivity index (χ0v) is 16.0. The Hall–Kier alpha value is -1.44. The van der Waals surface area contributed by atoms with Gasteiger partial charge in [0.25, 0.3) is 0 Å². The van der Waals surface area contributed by atoms with Crippen LogP contribution in [0.3, 0.4) is 0 Å². The molecule has 1 amide bonds. The molecule has 0 atom stereocenters. The standard InChI is InChI=1S/C18H29N3O3S/c1-3-4-12-21(13-9-18(22)20-14-10-19-11-15-20)25(23,24)17-7-5-16(2)6-8-17/h5-8,19H,3-4,9-15H2,1-2H3. The summed E-state index contributed by atoms with van der Waals surface area (Å²) in [5.41, 5.74) is 1.02. The smallest absolute Gasteiger partial charge is 0.243 e. The van der Waals surface area contributed by atoms with E-state index in [4.69, 9.17) is 0 Å². The number of aryl methyl sites for hydroxylation is 1. The fourth-order valence-electron chi connectivity index (χ4n) is 2.84. The fraction of sp³-hybridized carbons (Fsp3) is 0.611. The third-order valence-electron chi connectivity index (χ3n) is 4.46. The summed E-state index contributed by atoms with van der Waals surface area (Å²) in [6.07, 6.45) is 1.92. The minimum Gasteiger partial charge on any atom is -0.340 e. The molecule has 1 N–H and O–H groups in total. The van der Waals surface area contributed by atoms with Crippen LogP contribution in [0, 0.1) is 6.92 Å². The molecule has 140 valence electrons. The first-order valence-electron chi connectivity index (χ1n) is 9.00. The molecule has 0 unspecified atom stereocenters. The molecule has 25 heavy (non-hydrogen) atoms. The second-order valence-electron chi connectivity index (χ2n) is 6.45. The Morgan fingerprint density at radius 1 is 1.16 bits per heavy atom. The molecule has 0 spiro atoms. The molecule has 0 bridgehead atoms. The number of amides is 1. The summed E-state index contributed by atoms with van der Waals surface area (Å²) >= 11 is 0. The first kappa shape index (κ1) is 19.9. The van der Waals surface area contributed by atoms with Gasteiger partial charge in [-0.2, -0.15) is 4.31 Å². The summed E-state index contributed by atoms with van der Waals surface area (Å²) in [5, 5.41) is 3.21. The summed E-state index contributed by atoms with van der Waals surface area (Å²) in [6.45, 7) is 7.62. The third kappa shape index (κ3) is 5.52. The molecule has 1 saturated heterocycles. The van der Waals surface area contributed by atoms with Gasteiger partial charge in [-0.1, -0.05) is 31.0 Å². The van der Waals surface area contributed by atoms with Crippen molar-refractivity contribution in [3.05, 3.63) is 29.8 Å². The summed E-state index contributed by atoms with van der Waals surface area (Å²) in [5.74, 6) is 0.0297. The molecule has 2 rings (SSSR count). The van der Waals surface area contributed by atoms with E-state index < -0.39 is 10.0 Å². The average molecular weight is 368 g/mol. The van der Waals surface area contributed by atoms with E-state index in [2.05, 4.69) is 5.32 Å². The van der Waals surface area contributed by atoms with Crippen molar-refractivity contribution in [1.29, 1.82) is 0 Å². The lowest BCUT2D eigenvalue weighted by Crippen LogP contribution is -2.47. The van der Waals surface area contributed by atoms with Gasteiger partial charge in [0.2, 0.25) is 15.9 Å². The summed E-state index contributed by atoms with van der Waals surface area (Å²) < 4.78 is 27.3. The molecule has 1 aromatic rings. The van der Waals surface area contributed by atoms with Crippen molar-refractivity contribution >= 4 is 15.9 Å². The number of benzene rings is 1. The fourth-order valence-corrected chi connectivity index (χ4v) is 4.32. The first-order chi connectivity index (χ1) is 11.9. The van der Waals surface area contributed by atoms with Gasteiger partial charge in [-0.15, -0.1) is 0 Å². The quantitative estimate of drug-likeness (QED) is 0.758. The maximum atomic E-state index is 12.9. The largest absolute Gasteiger partial charge is 0.340 e. The molecule has 0 aliphatic carbocycles. The highest BCUT2D eigenvalue weighted by Gasteiger charge is 2.25. The highest BCUT2D eigenvalue weighted by molar-refractivity contribution is 7.89. The van der Waals surface area contributed by atoms with Crippen LogP contribution >= 0.6 is 0 Å². The van der Waals surface area contributed by atoms with Gasteiger partial charge in [-0.05, 0) is 25.5 Å². The molecule has 1 aliphatic heterocycles. The number of hydrogen-bond acceptors (Lipinski definition) is 4. The maximum Gasteiger partial charge on any atom is 0.243 e. The normalized spacial score (nSPS) is 15.6. The number of carbonyl (C=O) groups is 1. The summed E-state index contributed by atoms with van der Waals surface area (Å²) in [4.78, 5) is 14.5. The van der Waals surface area contributed by atoms with Gasteiger partial charge in [-0.3, -0.25) is 4.79 Å². The summed E-state index contributed by atoms with van der Waals surface area (Å²) in [7, 11) is -3.57. The monoisotopic (exact) mass is 367 g/mol. The van der Waals surface area contributed by atoms with E-state index >= 15 is 0 Å². The van der Waals surface area contributed by atoms with Crippen LogP contribution in [0.25, 0.3) is 0 Å². The minimum atomic E-state index is -3.57. The van der Waals surface area contributed by atoms with Crippen LogP contribution < -0.4 is 5.32 Å². The minimum absolute atomic E-state index is 0.0297. The van der Waals surface area contributed by atoms with Crippen LogP contribution in [-0.2, 0) is 14.8 Å². The Balaban J connectivity index is 2.06. The third-order valence-corrected chi connectivity index (χ3v) is 6.38. The lowest BCUT2D eigenvalue weighted by molar-refractivity contribution is -0.131. The number of sulfonamides is 1. The van der Waals surface area contributed by atoms with Crippen molar-refractivity contribution in [1.82, 2.24) is 14.5 Å². The number of hydrogen-bond donors (Lipinski definition) is 1. The second kappa shape index (κ2) is 9.31. The van der Waals surface area contributed by atoms with E-state index in [1.165, 1.54) is 4.31 Å². The first-order valence-corrected chi connectivity index (χ1v) is 10.4. The zero-order chi connectivity index (χ0) is 18.3. The second-order valence-corrected chi connectivity index (χ2v) is 8.39. The van der Waals surface area contributed by atoms with E-state index in [0.29, 0.717) is 24.5 Å². The van der Waals surface area contributed by atoms with Gasteiger partial charge in [-0.25, -0.2) is 8.42 Å². The number of nitrogens with one attached hydrogen (secondary N) is 1. The van der Waals surface area contributed by atoms with E-state index in [0.717, 1.165) is 31.5 Å². The highest BCUT2D eigenvalue weighted by atomic mass is 32.2. The number of carbonyl (C=O) groups excluding carboxylic acids is 1. The molecule has 0 radical (unpaired) electrons. The molecule has 1 aliphatic rings. The number of unbranched alkanes of at least 4 members (excludes halogenated alkanes) is 1. The highest BCUT2D eigenvalue weighted by Crippen LogP contribution is 2.18. The van der Waals surface area contributed by atoms with Gasteiger partial charge in [0, 0.05) is 45.7 Å². The lowest BCUT2D eigenvalue weighted by atomic mass is 10.2. The maximum absolute atomic E-state index is 12.9. The number of nitrogens with zero attached hydrogens (tertiary/aromatic N) is 2. The molecular formula is C18H29N3O3S. The average Bonchev–Trinajstić information content (AvgIpc) is 2.62. The van der Waals surface area contributed by atoms with Crippen LogP contribution in [0.2, 0.25) is 0 Å². The van der Waals surface area contributed by atoms with Gasteiger partial charge < -0.3 is 10.2 Å². The van der Waals surface area contributed by atoms with Crippen molar-refractivity contribution in [2.24, 2.45) is 0 Å². The Bertz CT molecular complexity index is 653. The van der Waals surface area contributed by atoms with E-state index in [1.54, 1.807) is 24.3 Å². The molecule has 1 fully saturated rings.